The summed E-state index contributed by atoms with van der Waals surface area (Å²) >= 11 is 2.88. The van der Waals surface area contributed by atoms with Gasteiger partial charge in [-0.25, -0.2) is 0 Å². The summed E-state index contributed by atoms with van der Waals surface area (Å²) < 4.78 is 0. The van der Waals surface area contributed by atoms with E-state index in [2.05, 4.69) is 0 Å². The van der Waals surface area contributed by atoms with Crippen LogP contribution in [0.4, 0.5) is 0 Å². The summed E-state index contributed by atoms with van der Waals surface area (Å²) in [7, 11) is 0. The first-order valence-electron chi connectivity index (χ1n) is 5.22. The van der Waals surface area contributed by atoms with Gasteiger partial charge in [0.2, 0.25) is 0 Å². The number of aliphatic carboxylic acids is 2. The summed E-state index contributed by atoms with van der Waals surface area (Å²) in [6, 6.07) is -1.65. The van der Waals surface area contributed by atoms with E-state index in [9.17, 15) is 9.59 Å². The van der Waals surface area contributed by atoms with Gasteiger partial charge in [-0.3, -0.25) is 9.59 Å². The average molecular weight is 294 g/mol. The van der Waals surface area contributed by atoms with Gasteiger partial charge in [0.15, 0.2) is 0 Å². The number of nitrogens with two attached hydrogens (primary N) is 2. The van der Waals surface area contributed by atoms with E-state index in [0.717, 1.165) is 0 Å². The number of carboxylic acids is 2. The van der Waals surface area contributed by atoms with E-state index in [4.69, 9.17) is 21.7 Å². The van der Waals surface area contributed by atoms with E-state index in [0.29, 0.717) is 23.0 Å². The van der Waals surface area contributed by atoms with E-state index in [1.165, 1.54) is 23.5 Å². The Morgan fingerprint density at radius 1 is 0.944 bits per heavy atom. The van der Waals surface area contributed by atoms with Crippen molar-refractivity contribution in [1.82, 2.24) is 0 Å². The topological polar surface area (TPSA) is 127 Å². The lowest BCUT2D eigenvalue weighted by Crippen LogP contribution is -2.32. The average Bonchev–Trinajstić information content (AvgIpc) is 2.31. The van der Waals surface area contributed by atoms with Crippen LogP contribution in [0.5, 0.6) is 0 Å². The van der Waals surface area contributed by atoms with E-state index < -0.39 is 24.0 Å². The largest absolute Gasteiger partial charge is 0.480 e. The fourth-order valence-corrected chi connectivity index (χ4v) is 2.41. The second kappa shape index (κ2) is 10.2. The molecule has 0 spiro atoms. The van der Waals surface area contributed by atoms with Crippen LogP contribution in [0.15, 0.2) is 12.2 Å². The Morgan fingerprint density at radius 2 is 1.28 bits per heavy atom. The molecule has 0 amide bonds. The van der Waals surface area contributed by atoms with Crippen LogP contribution in [-0.2, 0) is 9.59 Å². The number of rotatable bonds is 10. The highest BCUT2D eigenvalue weighted by Gasteiger charge is 2.10. The minimum atomic E-state index is -0.996. The molecule has 0 bridgehead atoms. The van der Waals surface area contributed by atoms with Crippen molar-refractivity contribution in [1.29, 1.82) is 0 Å². The first-order valence-corrected chi connectivity index (χ1v) is 7.53. The Bertz CT molecular complexity index is 272. The summed E-state index contributed by atoms with van der Waals surface area (Å²) in [5, 5.41) is 17.1. The first-order chi connectivity index (χ1) is 8.45. The van der Waals surface area contributed by atoms with Gasteiger partial charge < -0.3 is 21.7 Å². The van der Waals surface area contributed by atoms with E-state index in [-0.39, 0.29) is 0 Å². The normalized spacial score (nSPS) is 14.6. The summed E-state index contributed by atoms with van der Waals surface area (Å²) in [5.74, 6) is 0.126. The highest BCUT2D eigenvalue weighted by Crippen LogP contribution is 2.05. The molecule has 0 aromatic rings. The molecule has 0 heterocycles. The second-order valence-corrected chi connectivity index (χ2v) is 5.59. The van der Waals surface area contributed by atoms with Gasteiger partial charge in [0.05, 0.1) is 0 Å². The number of hydrogen-bond donors (Lipinski definition) is 4. The van der Waals surface area contributed by atoms with Crippen molar-refractivity contribution in [3.63, 3.8) is 0 Å². The Labute approximate surface area is 114 Å². The SMILES string of the molecule is N[C@@H](CSC/C=C/CSC[C@H](N)C(=O)O)C(=O)O. The molecule has 0 aliphatic heterocycles. The summed E-state index contributed by atoms with van der Waals surface area (Å²) in [6.45, 7) is 0. The Morgan fingerprint density at radius 3 is 1.56 bits per heavy atom. The quantitative estimate of drug-likeness (QED) is 0.323. The number of carbonyl (C=O) groups is 2. The van der Waals surface area contributed by atoms with Crippen LogP contribution in [-0.4, -0.2) is 57.2 Å². The standard InChI is InChI=1S/C10H18N2O4S2/c11-7(9(13)14)5-17-3-1-2-4-18-6-8(12)10(15)16/h1-2,7-8H,3-6,11-12H2,(H,13,14)(H,15,16)/b2-1+/t7-,8-/m0/s1. The lowest BCUT2D eigenvalue weighted by atomic mass is 10.4. The zero-order chi connectivity index (χ0) is 14.0. The predicted molar refractivity (Wildman–Crippen MR) is 75.0 cm³/mol. The van der Waals surface area contributed by atoms with Crippen molar-refractivity contribution < 1.29 is 19.8 Å². The zero-order valence-electron chi connectivity index (χ0n) is 9.82. The van der Waals surface area contributed by atoms with Crippen molar-refractivity contribution in [3.8, 4) is 0 Å². The molecule has 6 nitrogen and oxygen atoms in total. The third-order valence-corrected chi connectivity index (χ3v) is 3.87. The molecule has 0 aromatic carbocycles. The van der Waals surface area contributed by atoms with Crippen LogP contribution in [0, 0.1) is 0 Å². The molecule has 0 aliphatic rings. The summed E-state index contributed by atoms with van der Waals surface area (Å²) in [5.41, 5.74) is 10.6. The smallest absolute Gasteiger partial charge is 0.321 e. The molecule has 0 saturated carbocycles. The summed E-state index contributed by atoms with van der Waals surface area (Å²) in [6.07, 6.45) is 3.80. The molecule has 0 unspecified atom stereocenters. The van der Waals surface area contributed by atoms with Crippen molar-refractivity contribution in [3.05, 3.63) is 12.2 Å². The molecule has 18 heavy (non-hydrogen) atoms. The molecule has 2 atom stereocenters. The fraction of sp³-hybridized carbons (Fsp3) is 0.600. The van der Waals surface area contributed by atoms with Crippen LogP contribution in [0.25, 0.3) is 0 Å². The van der Waals surface area contributed by atoms with Crippen LogP contribution < -0.4 is 11.5 Å². The molecule has 0 fully saturated rings. The van der Waals surface area contributed by atoms with Gasteiger partial charge in [-0.1, -0.05) is 12.2 Å². The zero-order valence-corrected chi connectivity index (χ0v) is 11.5. The van der Waals surface area contributed by atoms with Gasteiger partial charge in [-0.15, -0.1) is 0 Å². The lowest BCUT2D eigenvalue weighted by molar-refractivity contribution is -0.138. The minimum Gasteiger partial charge on any atom is -0.480 e. The minimum absolute atomic E-state index is 0.372. The molecule has 104 valence electrons. The maximum Gasteiger partial charge on any atom is 0.321 e. The van der Waals surface area contributed by atoms with Crippen LogP contribution in [0.2, 0.25) is 0 Å². The predicted octanol–water partition coefficient (Wildman–Crippen LogP) is -0.167. The van der Waals surface area contributed by atoms with Crippen molar-refractivity contribution in [2.45, 2.75) is 12.1 Å². The van der Waals surface area contributed by atoms with Crippen molar-refractivity contribution in [2.75, 3.05) is 23.0 Å². The molecular weight excluding hydrogens is 276 g/mol. The van der Waals surface area contributed by atoms with E-state index >= 15 is 0 Å². The molecule has 0 rings (SSSR count). The number of thioether (sulfide) groups is 2. The summed E-state index contributed by atoms with van der Waals surface area (Å²) in [4.78, 5) is 20.8. The highest BCUT2D eigenvalue weighted by atomic mass is 32.2. The molecular formula is C10H18N2O4S2. The third kappa shape index (κ3) is 9.34. The number of hydrogen-bond acceptors (Lipinski definition) is 6. The maximum atomic E-state index is 10.4. The monoisotopic (exact) mass is 294 g/mol. The molecule has 0 aromatic heterocycles. The van der Waals surface area contributed by atoms with Gasteiger partial charge in [0.25, 0.3) is 0 Å². The lowest BCUT2D eigenvalue weighted by Gasteiger charge is -2.04. The van der Waals surface area contributed by atoms with Crippen LogP contribution in [0.1, 0.15) is 0 Å². The molecule has 6 N–H and O–H groups in total. The van der Waals surface area contributed by atoms with E-state index in [1.807, 2.05) is 12.2 Å². The molecule has 0 aliphatic carbocycles. The number of carboxylic acid groups (broad SMARTS) is 2. The maximum absolute atomic E-state index is 10.4. The third-order valence-electron chi connectivity index (χ3n) is 1.82. The highest BCUT2D eigenvalue weighted by molar-refractivity contribution is 7.99. The van der Waals surface area contributed by atoms with Gasteiger partial charge >= 0.3 is 11.9 Å². The Kier molecular flexibility index (Phi) is 9.85. The molecule has 8 heteroatoms. The van der Waals surface area contributed by atoms with Crippen LogP contribution in [0.3, 0.4) is 0 Å². The van der Waals surface area contributed by atoms with Gasteiger partial charge in [-0.05, 0) is 0 Å². The molecule has 0 radical (unpaired) electrons. The van der Waals surface area contributed by atoms with Crippen LogP contribution >= 0.6 is 23.5 Å². The first kappa shape index (κ1) is 17.3. The van der Waals surface area contributed by atoms with Crippen molar-refractivity contribution >= 4 is 35.5 Å². The Hall–Kier alpha value is -0.700. The van der Waals surface area contributed by atoms with Crippen molar-refractivity contribution in [2.24, 2.45) is 11.5 Å². The molecule has 0 saturated heterocycles. The van der Waals surface area contributed by atoms with Gasteiger partial charge in [0.1, 0.15) is 12.1 Å². The van der Waals surface area contributed by atoms with Gasteiger partial charge in [-0.2, -0.15) is 23.5 Å². The Balaban J connectivity index is 3.44. The van der Waals surface area contributed by atoms with E-state index in [1.54, 1.807) is 0 Å². The second-order valence-electron chi connectivity index (χ2n) is 3.44. The fourth-order valence-electron chi connectivity index (χ4n) is 0.805. The van der Waals surface area contributed by atoms with Gasteiger partial charge in [0, 0.05) is 23.0 Å².